The second-order valence-corrected chi connectivity index (χ2v) is 11.0. The fourth-order valence-corrected chi connectivity index (χ4v) is 5.67. The SMILES string of the molecule is O=C(NC(=S)Nc1ccc(S(=O)(=O)N(Cc2ccc(CO)o2)c2ccccc2)cc1)c1ccc2cccnc2c1. The van der Waals surface area contributed by atoms with Crippen molar-refractivity contribution in [3.63, 3.8) is 0 Å². The molecule has 0 atom stereocenters. The molecule has 2 heterocycles. The highest BCUT2D eigenvalue weighted by molar-refractivity contribution is 7.92. The first-order chi connectivity index (χ1) is 19.3. The van der Waals surface area contributed by atoms with Crippen LogP contribution in [-0.4, -0.2) is 29.5 Å². The summed E-state index contributed by atoms with van der Waals surface area (Å²) in [6.07, 6.45) is 1.66. The summed E-state index contributed by atoms with van der Waals surface area (Å²) < 4.78 is 34.1. The molecule has 1 amide bonds. The molecule has 0 bridgehead atoms. The van der Waals surface area contributed by atoms with Crippen LogP contribution in [0.2, 0.25) is 0 Å². The molecule has 3 aromatic carbocycles. The Kier molecular flexibility index (Phi) is 7.87. The minimum absolute atomic E-state index is 0.0504. The van der Waals surface area contributed by atoms with E-state index in [9.17, 15) is 18.3 Å². The number of anilines is 2. The molecule has 0 saturated heterocycles. The summed E-state index contributed by atoms with van der Waals surface area (Å²) in [5, 5.41) is 15.8. The lowest BCUT2D eigenvalue weighted by atomic mass is 10.1. The van der Waals surface area contributed by atoms with Crippen LogP contribution >= 0.6 is 12.2 Å². The van der Waals surface area contributed by atoms with Gasteiger partial charge in [-0.2, -0.15) is 0 Å². The Morgan fingerprint density at radius 2 is 1.68 bits per heavy atom. The van der Waals surface area contributed by atoms with Crippen molar-refractivity contribution in [2.24, 2.45) is 0 Å². The first-order valence-electron chi connectivity index (χ1n) is 12.2. The van der Waals surface area contributed by atoms with Crippen molar-refractivity contribution in [2.45, 2.75) is 18.0 Å². The molecule has 5 rings (SSSR count). The number of carbonyl (C=O) groups is 1. The Hall–Kier alpha value is -4.58. The van der Waals surface area contributed by atoms with E-state index in [-0.39, 0.29) is 23.2 Å². The lowest BCUT2D eigenvalue weighted by Crippen LogP contribution is -2.34. The van der Waals surface area contributed by atoms with Gasteiger partial charge < -0.3 is 14.8 Å². The summed E-state index contributed by atoms with van der Waals surface area (Å²) in [6, 6.07) is 26.8. The molecule has 0 saturated carbocycles. The van der Waals surface area contributed by atoms with Crippen LogP contribution in [-0.2, 0) is 23.2 Å². The number of para-hydroxylation sites is 1. The molecule has 3 N–H and O–H groups in total. The van der Waals surface area contributed by atoms with Gasteiger partial charge in [0.2, 0.25) is 0 Å². The third-order valence-electron chi connectivity index (χ3n) is 6.01. The second kappa shape index (κ2) is 11.7. The van der Waals surface area contributed by atoms with Crippen LogP contribution < -0.4 is 14.9 Å². The Bertz CT molecular complexity index is 1770. The Morgan fingerprint density at radius 1 is 0.925 bits per heavy atom. The number of fused-ring (bicyclic) bond motifs is 1. The van der Waals surface area contributed by atoms with E-state index in [0.717, 1.165) is 5.39 Å². The molecular weight excluding hydrogens is 548 g/mol. The number of hydrogen-bond acceptors (Lipinski definition) is 7. The van der Waals surface area contributed by atoms with Gasteiger partial charge in [-0.1, -0.05) is 30.3 Å². The first-order valence-corrected chi connectivity index (χ1v) is 14.0. The summed E-state index contributed by atoms with van der Waals surface area (Å²) in [5.41, 5.74) is 2.05. The van der Waals surface area contributed by atoms with Gasteiger partial charge in [-0.3, -0.25) is 19.4 Å². The monoisotopic (exact) mass is 572 g/mol. The summed E-state index contributed by atoms with van der Waals surface area (Å²) in [7, 11) is -3.99. The third kappa shape index (κ3) is 6.01. The number of furan rings is 1. The van der Waals surface area contributed by atoms with Gasteiger partial charge in [0.05, 0.1) is 22.6 Å². The lowest BCUT2D eigenvalue weighted by Gasteiger charge is -2.24. The zero-order valence-corrected chi connectivity index (χ0v) is 22.7. The number of aliphatic hydroxyl groups excluding tert-OH is 1. The van der Waals surface area contributed by atoms with Crippen molar-refractivity contribution in [2.75, 3.05) is 9.62 Å². The van der Waals surface area contributed by atoms with Crippen molar-refractivity contribution in [1.29, 1.82) is 0 Å². The maximum atomic E-state index is 13.7. The molecule has 0 spiro atoms. The Morgan fingerprint density at radius 3 is 2.40 bits per heavy atom. The van der Waals surface area contributed by atoms with E-state index >= 15 is 0 Å². The quantitative estimate of drug-likeness (QED) is 0.226. The van der Waals surface area contributed by atoms with E-state index in [1.165, 1.54) is 16.4 Å². The highest BCUT2D eigenvalue weighted by Gasteiger charge is 2.26. The molecule has 0 aliphatic heterocycles. The van der Waals surface area contributed by atoms with Gasteiger partial charge >= 0.3 is 0 Å². The summed E-state index contributed by atoms with van der Waals surface area (Å²) in [6.45, 7) is -0.346. The van der Waals surface area contributed by atoms with E-state index in [1.807, 2.05) is 18.2 Å². The summed E-state index contributed by atoms with van der Waals surface area (Å²) in [5.74, 6) is 0.333. The van der Waals surface area contributed by atoms with Crippen LogP contribution in [0.5, 0.6) is 0 Å². The van der Waals surface area contributed by atoms with E-state index in [2.05, 4.69) is 15.6 Å². The Labute approximate surface area is 236 Å². The fourth-order valence-electron chi connectivity index (χ4n) is 4.03. The topological polar surface area (TPSA) is 125 Å². The van der Waals surface area contributed by atoms with Crippen LogP contribution in [0.25, 0.3) is 10.9 Å². The van der Waals surface area contributed by atoms with Crippen LogP contribution in [0.1, 0.15) is 21.9 Å². The maximum absolute atomic E-state index is 13.7. The summed E-state index contributed by atoms with van der Waals surface area (Å²) in [4.78, 5) is 17.0. The van der Waals surface area contributed by atoms with E-state index in [1.54, 1.807) is 72.9 Å². The van der Waals surface area contributed by atoms with Crippen molar-refractivity contribution in [3.8, 4) is 0 Å². The molecular formula is C29H24N4O5S2. The number of pyridine rings is 1. The number of aromatic nitrogens is 1. The number of benzene rings is 3. The second-order valence-electron chi connectivity index (χ2n) is 8.72. The molecule has 0 aliphatic rings. The van der Waals surface area contributed by atoms with E-state index in [0.29, 0.717) is 34.0 Å². The molecule has 11 heteroatoms. The largest absolute Gasteiger partial charge is 0.462 e. The highest BCUT2D eigenvalue weighted by Crippen LogP contribution is 2.27. The van der Waals surface area contributed by atoms with Gasteiger partial charge in [0.15, 0.2) is 5.11 Å². The van der Waals surface area contributed by atoms with Gasteiger partial charge in [-0.15, -0.1) is 0 Å². The van der Waals surface area contributed by atoms with E-state index in [4.69, 9.17) is 16.6 Å². The van der Waals surface area contributed by atoms with Gasteiger partial charge in [-0.05, 0) is 78.9 Å². The molecule has 202 valence electrons. The maximum Gasteiger partial charge on any atom is 0.264 e. The minimum atomic E-state index is -3.99. The molecule has 2 aromatic heterocycles. The number of amides is 1. The standard InChI is InChI=1S/C29H24N4O5S2/c34-19-25-13-12-24(38-25)18-33(23-6-2-1-3-7-23)40(36,37)26-14-10-22(11-15-26)31-29(39)32-28(35)21-9-8-20-5-4-16-30-27(20)17-21/h1-17,34H,18-19H2,(H2,31,32,35,39). The molecule has 0 radical (unpaired) electrons. The predicted octanol–water partition coefficient (Wildman–Crippen LogP) is 4.84. The van der Waals surface area contributed by atoms with Crippen molar-refractivity contribution in [1.82, 2.24) is 10.3 Å². The van der Waals surface area contributed by atoms with E-state index < -0.39 is 15.9 Å². The van der Waals surface area contributed by atoms with Crippen molar-refractivity contribution >= 4 is 55.5 Å². The normalized spacial score (nSPS) is 11.2. The molecule has 5 aromatic rings. The number of hydrogen-bond donors (Lipinski definition) is 3. The number of rotatable bonds is 8. The lowest BCUT2D eigenvalue weighted by molar-refractivity contribution is 0.0978. The fraction of sp³-hybridized carbons (Fsp3) is 0.0690. The smallest absolute Gasteiger partial charge is 0.264 e. The molecule has 0 fully saturated rings. The third-order valence-corrected chi connectivity index (χ3v) is 8.00. The minimum Gasteiger partial charge on any atom is -0.462 e. The van der Waals surface area contributed by atoms with Gasteiger partial charge in [0, 0.05) is 22.8 Å². The van der Waals surface area contributed by atoms with Crippen LogP contribution in [0, 0.1) is 0 Å². The number of carbonyl (C=O) groups excluding carboxylic acids is 1. The predicted molar refractivity (Wildman–Crippen MR) is 156 cm³/mol. The molecule has 9 nitrogen and oxygen atoms in total. The molecule has 40 heavy (non-hydrogen) atoms. The van der Waals surface area contributed by atoms with Gasteiger partial charge in [-0.25, -0.2) is 8.42 Å². The van der Waals surface area contributed by atoms with Crippen LogP contribution in [0.15, 0.2) is 113 Å². The Balaban J connectivity index is 1.30. The van der Waals surface area contributed by atoms with Crippen LogP contribution in [0.4, 0.5) is 11.4 Å². The van der Waals surface area contributed by atoms with Gasteiger partial charge in [0.1, 0.15) is 18.1 Å². The highest BCUT2D eigenvalue weighted by atomic mass is 32.2. The number of thiocarbonyl (C=S) groups is 1. The summed E-state index contributed by atoms with van der Waals surface area (Å²) >= 11 is 5.29. The zero-order valence-electron chi connectivity index (χ0n) is 21.0. The van der Waals surface area contributed by atoms with Gasteiger partial charge in [0.25, 0.3) is 15.9 Å². The first kappa shape index (κ1) is 27.0. The zero-order chi connectivity index (χ0) is 28.1. The number of nitrogens with zero attached hydrogens (tertiary/aromatic N) is 2. The van der Waals surface area contributed by atoms with Crippen LogP contribution in [0.3, 0.4) is 0 Å². The number of nitrogens with one attached hydrogen (secondary N) is 2. The van der Waals surface area contributed by atoms with Crippen molar-refractivity contribution in [3.05, 3.63) is 120 Å². The average molecular weight is 573 g/mol. The number of aliphatic hydroxyl groups is 1. The van der Waals surface area contributed by atoms with Crippen molar-refractivity contribution < 1.29 is 22.7 Å². The molecule has 0 aliphatic carbocycles. The molecule has 0 unspecified atom stereocenters. The average Bonchev–Trinajstić information content (AvgIpc) is 3.44. The number of sulfonamides is 1.